The van der Waals surface area contributed by atoms with E-state index in [4.69, 9.17) is 16.3 Å². The van der Waals surface area contributed by atoms with Crippen LogP contribution in [0.5, 0.6) is 5.75 Å². The molecule has 1 aliphatic heterocycles. The highest BCUT2D eigenvalue weighted by molar-refractivity contribution is 6.32. The topological polar surface area (TPSA) is 21.3 Å². The van der Waals surface area contributed by atoms with Crippen molar-refractivity contribution < 1.29 is 9.13 Å². The zero-order valence-corrected chi connectivity index (χ0v) is 11.9. The number of benzene rings is 1. The predicted molar refractivity (Wildman–Crippen MR) is 74.2 cm³/mol. The summed E-state index contributed by atoms with van der Waals surface area (Å²) >= 11 is 6.19. The van der Waals surface area contributed by atoms with Gasteiger partial charge in [0.05, 0.1) is 11.6 Å². The van der Waals surface area contributed by atoms with Gasteiger partial charge in [-0.05, 0) is 57.2 Å². The molecule has 0 aromatic heterocycles. The van der Waals surface area contributed by atoms with Gasteiger partial charge in [0.2, 0.25) is 0 Å². The van der Waals surface area contributed by atoms with E-state index in [-0.39, 0.29) is 11.4 Å². The molecule has 2 nitrogen and oxygen atoms in total. The van der Waals surface area contributed by atoms with E-state index in [0.717, 1.165) is 24.9 Å². The number of hydrogen-bond donors (Lipinski definition) is 1. The second kappa shape index (κ2) is 4.95. The van der Waals surface area contributed by atoms with Gasteiger partial charge in [0.15, 0.2) is 0 Å². The van der Waals surface area contributed by atoms with Crippen LogP contribution in [-0.4, -0.2) is 13.2 Å². The van der Waals surface area contributed by atoms with E-state index < -0.39 is 0 Å². The summed E-state index contributed by atoms with van der Waals surface area (Å²) in [5, 5.41) is 3.82. The van der Waals surface area contributed by atoms with Crippen molar-refractivity contribution in [2.75, 3.05) is 13.2 Å². The van der Waals surface area contributed by atoms with Crippen LogP contribution in [0.1, 0.15) is 38.2 Å². The molecule has 1 aromatic rings. The van der Waals surface area contributed by atoms with Gasteiger partial charge in [-0.1, -0.05) is 11.6 Å². The molecule has 1 saturated carbocycles. The van der Waals surface area contributed by atoms with E-state index in [9.17, 15) is 4.39 Å². The fourth-order valence-electron chi connectivity index (χ4n) is 2.73. The Morgan fingerprint density at radius 1 is 1.47 bits per heavy atom. The lowest BCUT2D eigenvalue weighted by molar-refractivity contribution is 0.285. The molecule has 0 amide bonds. The lowest BCUT2D eigenvalue weighted by atomic mass is 9.89. The largest absolute Gasteiger partial charge is 0.491 e. The Morgan fingerprint density at radius 2 is 2.26 bits per heavy atom. The zero-order chi connectivity index (χ0) is 13.5. The standard InChI is InChI=1S/C15H19ClFNO/c1-15(5-2-6-18-15)12-7-11(17)8-13(16)14(12)19-9-10-3-4-10/h7-8,10,18H,2-6,9H2,1H3. The van der Waals surface area contributed by atoms with Crippen LogP contribution in [0.2, 0.25) is 5.02 Å². The van der Waals surface area contributed by atoms with Crippen molar-refractivity contribution in [3.05, 3.63) is 28.5 Å². The van der Waals surface area contributed by atoms with Crippen molar-refractivity contribution in [3.63, 3.8) is 0 Å². The average Bonchev–Trinajstić information content (AvgIpc) is 3.08. The molecular formula is C15H19ClFNO. The predicted octanol–water partition coefficient (Wildman–Crippen LogP) is 3.87. The Balaban J connectivity index is 1.94. The minimum Gasteiger partial charge on any atom is -0.491 e. The molecular weight excluding hydrogens is 265 g/mol. The number of nitrogens with one attached hydrogen (secondary N) is 1. The zero-order valence-electron chi connectivity index (χ0n) is 11.1. The number of ether oxygens (including phenoxy) is 1. The molecule has 1 atom stereocenters. The maximum absolute atomic E-state index is 13.7. The van der Waals surface area contributed by atoms with Crippen LogP contribution in [0.25, 0.3) is 0 Å². The SMILES string of the molecule is CC1(c2cc(F)cc(Cl)c2OCC2CC2)CCCN1. The Hall–Kier alpha value is -0.800. The van der Waals surface area contributed by atoms with Gasteiger partial charge in [0.25, 0.3) is 0 Å². The molecule has 4 heteroatoms. The lowest BCUT2D eigenvalue weighted by Gasteiger charge is -2.28. The maximum atomic E-state index is 13.7. The summed E-state index contributed by atoms with van der Waals surface area (Å²) in [5.41, 5.74) is 0.626. The summed E-state index contributed by atoms with van der Waals surface area (Å²) in [6.07, 6.45) is 4.52. The first kappa shape index (κ1) is 13.2. The fourth-order valence-corrected chi connectivity index (χ4v) is 2.99. The highest BCUT2D eigenvalue weighted by atomic mass is 35.5. The molecule has 1 saturated heterocycles. The summed E-state index contributed by atoms with van der Waals surface area (Å²) in [6, 6.07) is 2.90. The van der Waals surface area contributed by atoms with E-state index >= 15 is 0 Å². The Morgan fingerprint density at radius 3 is 2.89 bits per heavy atom. The van der Waals surface area contributed by atoms with Crippen molar-refractivity contribution in [2.24, 2.45) is 5.92 Å². The van der Waals surface area contributed by atoms with Crippen LogP contribution in [0, 0.1) is 11.7 Å². The summed E-state index contributed by atoms with van der Waals surface area (Å²) in [7, 11) is 0. The molecule has 19 heavy (non-hydrogen) atoms. The van der Waals surface area contributed by atoms with Gasteiger partial charge in [-0.15, -0.1) is 0 Å². The van der Waals surface area contributed by atoms with Gasteiger partial charge in [0.1, 0.15) is 11.6 Å². The molecule has 1 aromatic carbocycles. The summed E-state index contributed by atoms with van der Waals surface area (Å²) in [6.45, 7) is 3.73. The van der Waals surface area contributed by atoms with Crippen LogP contribution in [-0.2, 0) is 5.54 Å². The Kier molecular flexibility index (Phi) is 3.44. The molecule has 0 spiro atoms. The third-order valence-corrected chi connectivity index (χ3v) is 4.41. The van der Waals surface area contributed by atoms with Crippen LogP contribution in [0.3, 0.4) is 0 Å². The molecule has 1 N–H and O–H groups in total. The third-order valence-electron chi connectivity index (χ3n) is 4.13. The van der Waals surface area contributed by atoms with E-state index in [1.807, 2.05) is 0 Å². The highest BCUT2D eigenvalue weighted by Crippen LogP contribution is 2.41. The van der Waals surface area contributed by atoms with E-state index in [1.165, 1.54) is 18.9 Å². The molecule has 1 aliphatic carbocycles. The fraction of sp³-hybridized carbons (Fsp3) is 0.600. The van der Waals surface area contributed by atoms with Crippen LogP contribution < -0.4 is 10.1 Å². The van der Waals surface area contributed by atoms with Crippen molar-refractivity contribution in [3.8, 4) is 5.75 Å². The maximum Gasteiger partial charge on any atom is 0.143 e. The molecule has 3 rings (SSSR count). The van der Waals surface area contributed by atoms with Gasteiger partial charge >= 0.3 is 0 Å². The quantitative estimate of drug-likeness (QED) is 0.906. The van der Waals surface area contributed by atoms with E-state index in [2.05, 4.69) is 12.2 Å². The molecule has 104 valence electrons. The van der Waals surface area contributed by atoms with E-state index in [1.54, 1.807) is 6.07 Å². The van der Waals surface area contributed by atoms with Crippen LogP contribution in [0.15, 0.2) is 12.1 Å². The van der Waals surface area contributed by atoms with Crippen molar-refractivity contribution in [1.82, 2.24) is 5.32 Å². The number of hydrogen-bond acceptors (Lipinski definition) is 2. The van der Waals surface area contributed by atoms with Gasteiger partial charge in [-0.3, -0.25) is 0 Å². The van der Waals surface area contributed by atoms with Crippen LogP contribution in [0.4, 0.5) is 4.39 Å². The monoisotopic (exact) mass is 283 g/mol. The van der Waals surface area contributed by atoms with Crippen molar-refractivity contribution in [1.29, 1.82) is 0 Å². The number of halogens is 2. The second-order valence-corrected chi connectivity index (χ2v) is 6.29. The first-order valence-electron chi connectivity index (χ1n) is 6.96. The molecule has 1 unspecified atom stereocenters. The van der Waals surface area contributed by atoms with Crippen molar-refractivity contribution in [2.45, 2.75) is 38.1 Å². The van der Waals surface area contributed by atoms with Crippen molar-refractivity contribution >= 4 is 11.6 Å². The lowest BCUT2D eigenvalue weighted by Crippen LogP contribution is -2.34. The summed E-state index contributed by atoms with van der Waals surface area (Å²) in [5.74, 6) is 1.01. The van der Waals surface area contributed by atoms with Crippen LogP contribution >= 0.6 is 11.6 Å². The minimum absolute atomic E-state index is 0.232. The molecule has 2 aliphatic rings. The highest BCUT2D eigenvalue weighted by Gasteiger charge is 2.34. The normalized spacial score (nSPS) is 26.7. The molecule has 2 fully saturated rings. The first-order valence-corrected chi connectivity index (χ1v) is 7.34. The molecule has 1 heterocycles. The Bertz CT molecular complexity index is 481. The van der Waals surface area contributed by atoms with Gasteiger partial charge in [-0.2, -0.15) is 0 Å². The average molecular weight is 284 g/mol. The first-order chi connectivity index (χ1) is 9.08. The second-order valence-electron chi connectivity index (χ2n) is 5.88. The smallest absolute Gasteiger partial charge is 0.143 e. The Labute approximate surface area is 118 Å². The minimum atomic E-state index is -0.298. The third kappa shape index (κ3) is 2.72. The number of rotatable bonds is 4. The summed E-state index contributed by atoms with van der Waals surface area (Å²) < 4.78 is 19.6. The molecule has 0 radical (unpaired) electrons. The van der Waals surface area contributed by atoms with Gasteiger partial charge in [0, 0.05) is 11.1 Å². The van der Waals surface area contributed by atoms with Gasteiger partial charge < -0.3 is 10.1 Å². The molecule has 0 bridgehead atoms. The summed E-state index contributed by atoms with van der Waals surface area (Å²) in [4.78, 5) is 0. The van der Waals surface area contributed by atoms with Gasteiger partial charge in [-0.25, -0.2) is 4.39 Å². The van der Waals surface area contributed by atoms with E-state index in [0.29, 0.717) is 23.3 Å².